The van der Waals surface area contributed by atoms with E-state index < -0.39 is 6.10 Å². The maximum absolute atomic E-state index is 14.9. The lowest BCUT2D eigenvalue weighted by atomic mass is 9.84. The summed E-state index contributed by atoms with van der Waals surface area (Å²) in [5.41, 5.74) is 4.24. The van der Waals surface area contributed by atoms with Gasteiger partial charge in [-0.2, -0.15) is 10.1 Å². The van der Waals surface area contributed by atoms with Gasteiger partial charge in [0.15, 0.2) is 6.10 Å². The molecule has 3 heterocycles. The number of rotatable bonds is 2. The Morgan fingerprint density at radius 3 is 2.53 bits per heavy atom. The Hall–Kier alpha value is -3.93. The summed E-state index contributed by atoms with van der Waals surface area (Å²) < 4.78 is 23.2. The number of aromatic nitrogens is 3. The van der Waals surface area contributed by atoms with Crippen LogP contribution in [0.2, 0.25) is 0 Å². The molecule has 0 fully saturated rings. The first-order valence-electron chi connectivity index (χ1n) is 9.77. The second kappa shape index (κ2) is 6.56. The zero-order valence-corrected chi connectivity index (χ0v) is 15.9. The van der Waals surface area contributed by atoms with Gasteiger partial charge in [0.1, 0.15) is 23.9 Å². The van der Waals surface area contributed by atoms with Crippen molar-refractivity contribution in [3.05, 3.63) is 113 Å². The number of hydrogen-bond donors (Lipinski definition) is 1. The summed E-state index contributed by atoms with van der Waals surface area (Å²) in [5, 5.41) is 7.89. The normalized spacial score (nSPS) is 19.2. The molecular formula is C24H17FN4O. The summed E-state index contributed by atoms with van der Waals surface area (Å²) in [5.74, 6) is 1.05. The lowest BCUT2D eigenvalue weighted by Gasteiger charge is -2.39. The number of nitrogens with zero attached hydrogens (tertiary/aromatic N) is 3. The highest BCUT2D eigenvalue weighted by atomic mass is 19.1. The van der Waals surface area contributed by atoms with Gasteiger partial charge in [-0.25, -0.2) is 9.07 Å². The van der Waals surface area contributed by atoms with E-state index in [9.17, 15) is 4.39 Å². The molecular weight excluding hydrogens is 379 g/mol. The Morgan fingerprint density at radius 2 is 1.67 bits per heavy atom. The predicted octanol–water partition coefficient (Wildman–Crippen LogP) is 4.98. The summed E-state index contributed by atoms with van der Waals surface area (Å²) in [6.45, 7) is 0. The van der Waals surface area contributed by atoms with Gasteiger partial charge in [0, 0.05) is 16.7 Å². The van der Waals surface area contributed by atoms with Crippen LogP contribution in [0.5, 0.6) is 5.75 Å². The molecule has 2 atom stereocenters. The van der Waals surface area contributed by atoms with Crippen LogP contribution in [0.15, 0.2) is 90.8 Å². The molecule has 30 heavy (non-hydrogen) atoms. The third-order valence-electron chi connectivity index (χ3n) is 5.62. The monoisotopic (exact) mass is 396 g/mol. The molecule has 1 N–H and O–H groups in total. The van der Waals surface area contributed by atoms with Crippen LogP contribution in [0.25, 0.3) is 5.70 Å². The Bertz CT molecular complexity index is 1280. The molecule has 0 bridgehead atoms. The highest BCUT2D eigenvalue weighted by Crippen LogP contribution is 2.50. The fraction of sp³-hybridized carbons (Fsp3) is 0.0833. The van der Waals surface area contributed by atoms with Gasteiger partial charge in [0.2, 0.25) is 5.95 Å². The number of hydrogen-bond acceptors (Lipinski definition) is 4. The number of nitrogens with one attached hydrogen (secondary N) is 1. The number of anilines is 1. The van der Waals surface area contributed by atoms with E-state index in [0.29, 0.717) is 17.3 Å². The Kier molecular flexibility index (Phi) is 3.71. The average molecular weight is 396 g/mol. The number of halogens is 1. The van der Waals surface area contributed by atoms with Gasteiger partial charge in [-0.1, -0.05) is 60.7 Å². The lowest BCUT2D eigenvalue weighted by molar-refractivity contribution is 0.218. The molecule has 0 saturated carbocycles. The molecule has 0 spiro atoms. The first kappa shape index (κ1) is 17.0. The van der Waals surface area contributed by atoms with Crippen molar-refractivity contribution >= 4 is 11.6 Å². The summed E-state index contributed by atoms with van der Waals surface area (Å²) in [7, 11) is 0. The van der Waals surface area contributed by atoms with Gasteiger partial charge in [0.05, 0.1) is 5.70 Å². The zero-order chi connectivity index (χ0) is 20.1. The molecule has 0 amide bonds. The van der Waals surface area contributed by atoms with E-state index in [1.54, 1.807) is 12.1 Å². The Labute approximate surface area is 172 Å². The van der Waals surface area contributed by atoms with E-state index in [1.807, 2.05) is 65.3 Å². The maximum Gasteiger partial charge on any atom is 0.226 e. The van der Waals surface area contributed by atoms with Crippen LogP contribution in [0.1, 0.15) is 28.8 Å². The molecule has 4 aromatic rings. The fourth-order valence-corrected chi connectivity index (χ4v) is 4.32. The van der Waals surface area contributed by atoms with Crippen molar-refractivity contribution in [1.29, 1.82) is 0 Å². The molecule has 0 aliphatic carbocycles. The molecule has 6 heteroatoms. The molecule has 0 radical (unpaired) electrons. The van der Waals surface area contributed by atoms with Crippen molar-refractivity contribution in [2.24, 2.45) is 0 Å². The van der Waals surface area contributed by atoms with Gasteiger partial charge in [-0.3, -0.25) is 0 Å². The molecule has 2 unspecified atom stereocenters. The molecule has 0 saturated heterocycles. The van der Waals surface area contributed by atoms with E-state index in [0.717, 1.165) is 22.4 Å². The van der Waals surface area contributed by atoms with E-state index in [2.05, 4.69) is 15.4 Å². The second-order valence-corrected chi connectivity index (χ2v) is 7.31. The fourth-order valence-electron chi connectivity index (χ4n) is 4.32. The molecule has 3 aromatic carbocycles. The quantitative estimate of drug-likeness (QED) is 0.519. The highest BCUT2D eigenvalue weighted by molar-refractivity contribution is 5.85. The molecule has 6 rings (SSSR count). The number of ether oxygens (including phenoxy) is 1. The zero-order valence-electron chi connectivity index (χ0n) is 15.9. The van der Waals surface area contributed by atoms with Crippen LogP contribution in [-0.2, 0) is 0 Å². The average Bonchev–Trinajstić information content (AvgIpc) is 3.26. The maximum atomic E-state index is 14.9. The third kappa shape index (κ3) is 2.47. The summed E-state index contributed by atoms with van der Waals surface area (Å²) in [6.07, 6.45) is 0.924. The summed E-state index contributed by atoms with van der Waals surface area (Å²) >= 11 is 0. The molecule has 146 valence electrons. The first-order valence-corrected chi connectivity index (χ1v) is 9.77. The second-order valence-electron chi connectivity index (χ2n) is 7.31. The third-order valence-corrected chi connectivity index (χ3v) is 5.62. The van der Waals surface area contributed by atoms with Gasteiger partial charge in [-0.05, 0) is 23.8 Å². The topological polar surface area (TPSA) is 52.0 Å². The molecule has 5 nitrogen and oxygen atoms in total. The van der Waals surface area contributed by atoms with Gasteiger partial charge in [-0.15, -0.1) is 0 Å². The Morgan fingerprint density at radius 1 is 0.900 bits per heavy atom. The van der Waals surface area contributed by atoms with Crippen molar-refractivity contribution in [2.75, 3.05) is 5.32 Å². The van der Waals surface area contributed by atoms with Crippen LogP contribution in [0.4, 0.5) is 10.3 Å². The van der Waals surface area contributed by atoms with E-state index >= 15 is 0 Å². The minimum absolute atomic E-state index is 0.280. The molecule has 1 aromatic heterocycles. The smallest absolute Gasteiger partial charge is 0.226 e. The van der Waals surface area contributed by atoms with E-state index in [4.69, 9.17) is 4.74 Å². The van der Waals surface area contributed by atoms with Crippen molar-refractivity contribution in [3.63, 3.8) is 0 Å². The minimum Gasteiger partial charge on any atom is -0.480 e. The van der Waals surface area contributed by atoms with Crippen molar-refractivity contribution < 1.29 is 9.13 Å². The summed E-state index contributed by atoms with van der Waals surface area (Å²) in [6, 6.07) is 24.3. The first-order chi connectivity index (χ1) is 14.8. The number of para-hydroxylation sites is 1. The van der Waals surface area contributed by atoms with E-state index in [-0.39, 0.29) is 11.9 Å². The van der Waals surface area contributed by atoms with Gasteiger partial charge >= 0.3 is 0 Å². The molecule has 2 aliphatic heterocycles. The largest absolute Gasteiger partial charge is 0.480 e. The number of benzene rings is 3. The Balaban J connectivity index is 1.66. The van der Waals surface area contributed by atoms with Crippen molar-refractivity contribution in [3.8, 4) is 5.75 Å². The number of fused-ring (bicyclic) bond motifs is 3. The van der Waals surface area contributed by atoms with Crippen molar-refractivity contribution in [1.82, 2.24) is 14.8 Å². The van der Waals surface area contributed by atoms with Crippen LogP contribution in [0.3, 0.4) is 0 Å². The summed E-state index contributed by atoms with van der Waals surface area (Å²) in [4.78, 5) is 4.40. The highest BCUT2D eigenvalue weighted by Gasteiger charge is 2.41. The standard InChI is InChI=1S/C24H17FN4O/c25-18-12-6-4-10-16(18)23-20-21(17-11-5-7-13-19(17)30-23)28-24-26-14-27-29(24)22(20)15-8-2-1-3-9-15/h1-14,22-23H,(H,26,27,28). The predicted molar refractivity (Wildman–Crippen MR) is 111 cm³/mol. The lowest BCUT2D eigenvalue weighted by Crippen LogP contribution is -2.32. The van der Waals surface area contributed by atoms with Crippen LogP contribution < -0.4 is 10.1 Å². The molecule has 2 aliphatic rings. The van der Waals surface area contributed by atoms with Crippen LogP contribution in [-0.4, -0.2) is 14.8 Å². The SMILES string of the molecule is Fc1ccccc1C1Oc2ccccc2C2=C1C(c1ccccc1)n1ncnc1N2. The van der Waals surface area contributed by atoms with Crippen LogP contribution >= 0.6 is 0 Å². The van der Waals surface area contributed by atoms with Crippen molar-refractivity contribution in [2.45, 2.75) is 12.1 Å². The van der Waals surface area contributed by atoms with Crippen LogP contribution in [0, 0.1) is 5.82 Å². The minimum atomic E-state index is -0.605. The van der Waals surface area contributed by atoms with Gasteiger partial charge in [0.25, 0.3) is 0 Å². The van der Waals surface area contributed by atoms with Gasteiger partial charge < -0.3 is 10.1 Å². The van der Waals surface area contributed by atoms with E-state index in [1.165, 1.54) is 12.4 Å².